The first-order valence-corrected chi connectivity index (χ1v) is 8.71. The molecule has 1 atom stereocenters. The number of benzene rings is 1. The number of hydrogen-bond donors (Lipinski definition) is 1. The van der Waals surface area contributed by atoms with Crippen LogP contribution in [0, 0.1) is 0 Å². The van der Waals surface area contributed by atoms with Crippen molar-refractivity contribution in [2.24, 2.45) is 0 Å². The largest absolute Gasteiger partial charge is 0.416 e. The Morgan fingerprint density at radius 2 is 2.07 bits per heavy atom. The Balaban J connectivity index is 1.59. The molecule has 0 fully saturated rings. The fraction of sp³-hybridized carbons (Fsp3) is 0.263. The number of hydrogen-bond acceptors (Lipinski definition) is 4. The Morgan fingerprint density at radius 1 is 1.21 bits per heavy atom. The van der Waals surface area contributed by atoms with Crippen LogP contribution in [-0.4, -0.2) is 25.7 Å². The summed E-state index contributed by atoms with van der Waals surface area (Å²) in [4.78, 5) is 16.7. The SMILES string of the molecule is O=C(NCc1cccnc1)C1CCc2nnc(-c3cccc(C(F)(F)F)c3)n21. The van der Waals surface area contributed by atoms with Gasteiger partial charge in [-0.3, -0.25) is 14.3 Å². The highest BCUT2D eigenvalue weighted by atomic mass is 19.4. The standard InChI is InChI=1S/C19H16F3N5O/c20-19(21,22)14-5-1-4-13(9-14)17-26-25-16-7-6-15(27(16)17)18(28)24-11-12-3-2-8-23-10-12/h1-5,8-10,15H,6-7,11H2,(H,24,28). The van der Waals surface area contributed by atoms with Crippen LogP contribution in [0.5, 0.6) is 0 Å². The van der Waals surface area contributed by atoms with E-state index in [9.17, 15) is 18.0 Å². The molecule has 1 aliphatic heterocycles. The molecule has 3 aromatic rings. The molecule has 3 heterocycles. The minimum Gasteiger partial charge on any atom is -0.350 e. The van der Waals surface area contributed by atoms with Crippen LogP contribution in [0.2, 0.25) is 0 Å². The number of fused-ring (bicyclic) bond motifs is 1. The van der Waals surface area contributed by atoms with Gasteiger partial charge in [-0.1, -0.05) is 18.2 Å². The van der Waals surface area contributed by atoms with Gasteiger partial charge in [0.25, 0.3) is 0 Å². The maximum Gasteiger partial charge on any atom is 0.416 e. The molecule has 0 saturated carbocycles. The number of carbonyl (C=O) groups excluding carboxylic acids is 1. The predicted molar refractivity (Wildman–Crippen MR) is 93.9 cm³/mol. The molecule has 1 aromatic carbocycles. The smallest absolute Gasteiger partial charge is 0.350 e. The monoisotopic (exact) mass is 387 g/mol. The molecular weight excluding hydrogens is 371 g/mol. The van der Waals surface area contributed by atoms with Crippen LogP contribution in [0.3, 0.4) is 0 Å². The summed E-state index contributed by atoms with van der Waals surface area (Å²) in [6.07, 6.45) is -0.0861. The van der Waals surface area contributed by atoms with Crippen molar-refractivity contribution in [3.05, 3.63) is 65.7 Å². The molecule has 0 radical (unpaired) electrons. The van der Waals surface area contributed by atoms with Crippen molar-refractivity contribution in [2.45, 2.75) is 31.6 Å². The van der Waals surface area contributed by atoms with Crippen molar-refractivity contribution in [3.63, 3.8) is 0 Å². The van der Waals surface area contributed by atoms with Gasteiger partial charge < -0.3 is 5.32 Å². The van der Waals surface area contributed by atoms with Crippen molar-refractivity contribution in [1.82, 2.24) is 25.1 Å². The third-order valence-electron chi connectivity index (χ3n) is 4.66. The highest BCUT2D eigenvalue weighted by Crippen LogP contribution is 2.35. The fourth-order valence-corrected chi connectivity index (χ4v) is 3.31. The van der Waals surface area contributed by atoms with E-state index in [2.05, 4.69) is 20.5 Å². The van der Waals surface area contributed by atoms with E-state index in [1.165, 1.54) is 12.1 Å². The Kier molecular flexibility index (Phi) is 4.58. The van der Waals surface area contributed by atoms with Crippen molar-refractivity contribution in [2.75, 3.05) is 0 Å². The Hall–Kier alpha value is -3.23. The van der Waals surface area contributed by atoms with Crippen LogP contribution < -0.4 is 5.32 Å². The zero-order chi connectivity index (χ0) is 19.7. The van der Waals surface area contributed by atoms with Gasteiger partial charge >= 0.3 is 6.18 Å². The molecule has 2 aromatic heterocycles. The zero-order valence-corrected chi connectivity index (χ0v) is 14.6. The number of carbonyl (C=O) groups is 1. The fourth-order valence-electron chi connectivity index (χ4n) is 3.31. The van der Waals surface area contributed by atoms with Crippen LogP contribution in [0.1, 0.15) is 29.4 Å². The van der Waals surface area contributed by atoms with Crippen molar-refractivity contribution in [1.29, 1.82) is 0 Å². The molecule has 6 nitrogen and oxygen atoms in total. The summed E-state index contributed by atoms with van der Waals surface area (Å²) in [7, 11) is 0. The van der Waals surface area contributed by atoms with E-state index in [0.717, 1.165) is 17.7 Å². The summed E-state index contributed by atoms with van der Waals surface area (Å²) < 4.78 is 40.7. The number of rotatable bonds is 4. The van der Waals surface area contributed by atoms with Crippen LogP contribution in [0.15, 0.2) is 48.8 Å². The number of nitrogens with zero attached hydrogens (tertiary/aromatic N) is 4. The Labute approximate surface area is 158 Å². The van der Waals surface area contributed by atoms with E-state index in [-0.39, 0.29) is 17.3 Å². The van der Waals surface area contributed by atoms with Gasteiger partial charge in [0.15, 0.2) is 5.82 Å². The maximum atomic E-state index is 13.0. The number of amides is 1. The van der Waals surface area contributed by atoms with E-state index in [4.69, 9.17) is 0 Å². The second-order valence-electron chi connectivity index (χ2n) is 6.52. The molecule has 1 amide bonds. The third-order valence-corrected chi connectivity index (χ3v) is 4.66. The van der Waals surface area contributed by atoms with E-state index in [0.29, 0.717) is 25.2 Å². The Morgan fingerprint density at radius 3 is 2.82 bits per heavy atom. The number of alkyl halides is 3. The lowest BCUT2D eigenvalue weighted by atomic mass is 10.1. The molecule has 0 bridgehead atoms. The first-order chi connectivity index (χ1) is 13.4. The summed E-state index contributed by atoms with van der Waals surface area (Å²) in [6, 6.07) is 7.96. The van der Waals surface area contributed by atoms with Gasteiger partial charge in [0.05, 0.1) is 5.56 Å². The van der Waals surface area contributed by atoms with Crippen molar-refractivity contribution < 1.29 is 18.0 Å². The molecule has 28 heavy (non-hydrogen) atoms. The van der Waals surface area contributed by atoms with Crippen LogP contribution >= 0.6 is 0 Å². The highest BCUT2D eigenvalue weighted by Gasteiger charge is 2.34. The number of pyridine rings is 1. The average Bonchev–Trinajstić information content (AvgIpc) is 3.28. The van der Waals surface area contributed by atoms with Crippen LogP contribution in [0.4, 0.5) is 13.2 Å². The number of aromatic nitrogens is 4. The molecule has 4 rings (SSSR count). The van der Waals surface area contributed by atoms with Crippen LogP contribution in [-0.2, 0) is 23.9 Å². The normalized spacial score (nSPS) is 16.0. The molecule has 0 spiro atoms. The number of nitrogens with one attached hydrogen (secondary N) is 1. The summed E-state index contributed by atoms with van der Waals surface area (Å²) in [5.41, 5.74) is 0.370. The summed E-state index contributed by atoms with van der Waals surface area (Å²) in [5, 5.41) is 10.9. The van der Waals surface area contributed by atoms with Gasteiger partial charge in [-0.15, -0.1) is 10.2 Å². The molecule has 1 unspecified atom stereocenters. The van der Waals surface area contributed by atoms with E-state index in [1.54, 1.807) is 23.0 Å². The van der Waals surface area contributed by atoms with Gasteiger partial charge in [0, 0.05) is 30.9 Å². The lowest BCUT2D eigenvalue weighted by Gasteiger charge is -2.16. The number of aryl methyl sites for hydroxylation is 1. The quantitative estimate of drug-likeness (QED) is 0.746. The molecule has 9 heteroatoms. The van der Waals surface area contributed by atoms with Gasteiger partial charge in [-0.05, 0) is 30.2 Å². The number of halogens is 3. The van der Waals surface area contributed by atoms with Crippen molar-refractivity contribution >= 4 is 5.91 Å². The summed E-state index contributed by atoms with van der Waals surface area (Å²) in [6.45, 7) is 0.319. The van der Waals surface area contributed by atoms with E-state index in [1.807, 2.05) is 6.07 Å². The van der Waals surface area contributed by atoms with Gasteiger partial charge in [0.1, 0.15) is 11.9 Å². The minimum atomic E-state index is -4.45. The van der Waals surface area contributed by atoms with Crippen molar-refractivity contribution in [3.8, 4) is 11.4 Å². The average molecular weight is 387 g/mol. The van der Waals surface area contributed by atoms with Gasteiger partial charge in [-0.2, -0.15) is 13.2 Å². The second-order valence-corrected chi connectivity index (χ2v) is 6.52. The van der Waals surface area contributed by atoms with Crippen LogP contribution in [0.25, 0.3) is 11.4 Å². The molecular formula is C19H16F3N5O. The third kappa shape index (κ3) is 3.47. The lowest BCUT2D eigenvalue weighted by molar-refractivity contribution is -0.137. The molecule has 1 aliphatic rings. The topological polar surface area (TPSA) is 72.7 Å². The highest BCUT2D eigenvalue weighted by molar-refractivity contribution is 5.81. The molecule has 0 aliphatic carbocycles. The Bertz CT molecular complexity index is 1000. The summed E-state index contributed by atoms with van der Waals surface area (Å²) in [5.74, 6) is 0.629. The summed E-state index contributed by atoms with van der Waals surface area (Å²) >= 11 is 0. The second kappa shape index (κ2) is 7.06. The lowest BCUT2D eigenvalue weighted by Crippen LogP contribution is -2.31. The molecule has 144 valence electrons. The first-order valence-electron chi connectivity index (χ1n) is 8.71. The first kappa shape index (κ1) is 18.1. The molecule has 1 N–H and O–H groups in total. The predicted octanol–water partition coefficient (Wildman–Crippen LogP) is 3.16. The van der Waals surface area contributed by atoms with E-state index < -0.39 is 17.8 Å². The van der Waals surface area contributed by atoms with Gasteiger partial charge in [0.2, 0.25) is 5.91 Å². The zero-order valence-electron chi connectivity index (χ0n) is 14.6. The minimum absolute atomic E-state index is 0.226. The van der Waals surface area contributed by atoms with Gasteiger partial charge in [-0.25, -0.2) is 0 Å². The maximum absolute atomic E-state index is 13.0. The molecule has 0 saturated heterocycles. The van der Waals surface area contributed by atoms with E-state index >= 15 is 0 Å².